The van der Waals surface area contributed by atoms with Crippen LogP contribution in [0.25, 0.3) is 0 Å². The van der Waals surface area contributed by atoms with Gasteiger partial charge in [-0.1, -0.05) is 30.3 Å². The van der Waals surface area contributed by atoms with E-state index in [0.717, 1.165) is 43.6 Å². The quantitative estimate of drug-likeness (QED) is 0.540. The fraction of sp³-hybridized carbons (Fsp3) is 0.348. The highest BCUT2D eigenvalue weighted by Gasteiger charge is 2.22. The van der Waals surface area contributed by atoms with Gasteiger partial charge in [0.2, 0.25) is 5.91 Å². The maximum Gasteiger partial charge on any atom is 0.414 e. The first-order chi connectivity index (χ1) is 15.7. The molecule has 3 rings (SSSR count). The second kappa shape index (κ2) is 13.2. The van der Waals surface area contributed by atoms with Gasteiger partial charge in [-0.3, -0.25) is 9.69 Å². The van der Waals surface area contributed by atoms with Gasteiger partial charge < -0.3 is 20.3 Å². The molecule has 8 nitrogen and oxygen atoms in total. The van der Waals surface area contributed by atoms with Crippen molar-refractivity contribution in [3.63, 3.8) is 0 Å². The number of carbonyl (C=O) groups excluding carboxylic acids is 1. The Morgan fingerprint density at radius 1 is 1.06 bits per heavy atom. The monoisotopic (exact) mass is 464 g/mol. The number of halogens is 2. The van der Waals surface area contributed by atoms with Crippen molar-refractivity contribution in [1.29, 1.82) is 0 Å². The molecule has 33 heavy (non-hydrogen) atoms. The molecular formula is C23H26F2N2O6. The fourth-order valence-electron chi connectivity index (χ4n) is 3.33. The lowest BCUT2D eigenvalue weighted by Crippen LogP contribution is -2.41. The van der Waals surface area contributed by atoms with Crippen LogP contribution in [0.4, 0.5) is 14.5 Å². The Morgan fingerprint density at radius 3 is 2.39 bits per heavy atom. The number of carboxylic acid groups (broad SMARTS) is 2. The zero-order chi connectivity index (χ0) is 24.2. The Labute approximate surface area is 189 Å². The number of nitrogens with one attached hydrogen (secondary N) is 1. The number of hydrogen-bond acceptors (Lipinski definition) is 5. The molecule has 1 aliphatic rings. The second-order valence-corrected chi connectivity index (χ2v) is 7.53. The molecule has 1 fully saturated rings. The molecule has 2 aromatic carbocycles. The standard InChI is InChI=1S/C21H24F2N2O2.C2H2O4/c22-18-8-9-20(19(23)11-18)24-21(26)13-25-10-4-7-17(12-25)15-27-14-16-5-2-1-3-6-16;3-1(4)2(5)6/h1-3,5-6,8-9,11,17H,4,7,10,12-15H2,(H,24,26);(H,3,4)(H,5,6). The maximum absolute atomic E-state index is 13.6. The van der Waals surface area contributed by atoms with Crippen LogP contribution >= 0.6 is 0 Å². The number of rotatable bonds is 7. The summed E-state index contributed by atoms with van der Waals surface area (Å²) < 4.78 is 32.4. The zero-order valence-electron chi connectivity index (χ0n) is 17.9. The van der Waals surface area contributed by atoms with E-state index in [0.29, 0.717) is 19.1 Å². The molecular weight excluding hydrogens is 438 g/mol. The molecule has 1 unspecified atom stereocenters. The van der Waals surface area contributed by atoms with Crippen LogP contribution in [0.2, 0.25) is 0 Å². The molecule has 0 spiro atoms. The second-order valence-electron chi connectivity index (χ2n) is 7.53. The van der Waals surface area contributed by atoms with E-state index in [1.165, 1.54) is 6.07 Å². The molecule has 1 atom stereocenters. The van der Waals surface area contributed by atoms with Crippen molar-refractivity contribution in [3.8, 4) is 0 Å². The molecule has 1 saturated heterocycles. The summed E-state index contributed by atoms with van der Waals surface area (Å²) in [6, 6.07) is 13.1. The molecule has 1 amide bonds. The average molecular weight is 464 g/mol. The molecule has 10 heteroatoms. The number of likely N-dealkylation sites (tertiary alicyclic amines) is 1. The van der Waals surface area contributed by atoms with Gasteiger partial charge in [0.15, 0.2) is 0 Å². The third kappa shape index (κ3) is 9.75. The molecule has 0 aliphatic carbocycles. The van der Waals surface area contributed by atoms with E-state index < -0.39 is 23.6 Å². The normalized spacial score (nSPS) is 15.8. The van der Waals surface area contributed by atoms with E-state index in [1.807, 2.05) is 30.3 Å². The number of carbonyl (C=O) groups is 3. The average Bonchev–Trinajstić information content (AvgIpc) is 2.77. The number of nitrogens with zero attached hydrogens (tertiary/aromatic N) is 1. The van der Waals surface area contributed by atoms with Gasteiger partial charge in [-0.15, -0.1) is 0 Å². The van der Waals surface area contributed by atoms with Gasteiger partial charge in [-0.05, 0) is 43.0 Å². The minimum absolute atomic E-state index is 0.00107. The van der Waals surface area contributed by atoms with E-state index in [1.54, 1.807) is 0 Å². The summed E-state index contributed by atoms with van der Waals surface area (Å²) in [5.74, 6) is -5.01. The van der Waals surface area contributed by atoms with Crippen molar-refractivity contribution < 1.29 is 38.1 Å². The lowest BCUT2D eigenvalue weighted by Gasteiger charge is -2.32. The topological polar surface area (TPSA) is 116 Å². The van der Waals surface area contributed by atoms with Gasteiger partial charge in [-0.25, -0.2) is 18.4 Å². The van der Waals surface area contributed by atoms with Gasteiger partial charge in [0.05, 0.1) is 25.4 Å². The lowest BCUT2D eigenvalue weighted by atomic mass is 9.99. The van der Waals surface area contributed by atoms with Crippen LogP contribution in [-0.2, 0) is 25.7 Å². The summed E-state index contributed by atoms with van der Waals surface area (Å²) >= 11 is 0. The van der Waals surface area contributed by atoms with E-state index in [-0.39, 0.29) is 18.1 Å². The Balaban J connectivity index is 0.000000569. The number of anilines is 1. The Morgan fingerprint density at radius 2 is 1.76 bits per heavy atom. The predicted octanol–water partition coefficient (Wildman–Crippen LogP) is 2.99. The first-order valence-corrected chi connectivity index (χ1v) is 10.3. The number of benzene rings is 2. The minimum Gasteiger partial charge on any atom is -0.473 e. The van der Waals surface area contributed by atoms with Gasteiger partial charge in [-0.2, -0.15) is 0 Å². The van der Waals surface area contributed by atoms with E-state index in [9.17, 15) is 13.6 Å². The molecule has 178 valence electrons. The third-order valence-corrected chi connectivity index (χ3v) is 4.82. The number of carboxylic acids is 2. The Kier molecular flexibility index (Phi) is 10.4. The summed E-state index contributed by atoms with van der Waals surface area (Å²) in [6.07, 6.45) is 2.07. The highest BCUT2D eigenvalue weighted by molar-refractivity contribution is 6.27. The number of aliphatic carboxylic acids is 2. The largest absolute Gasteiger partial charge is 0.473 e. The molecule has 1 heterocycles. The molecule has 0 bridgehead atoms. The smallest absolute Gasteiger partial charge is 0.414 e. The Hall–Kier alpha value is -3.37. The molecule has 0 aromatic heterocycles. The van der Waals surface area contributed by atoms with Gasteiger partial charge in [0.25, 0.3) is 0 Å². The zero-order valence-corrected chi connectivity index (χ0v) is 17.9. The van der Waals surface area contributed by atoms with Crippen LogP contribution in [0.3, 0.4) is 0 Å². The van der Waals surface area contributed by atoms with E-state index in [2.05, 4.69) is 10.2 Å². The number of amides is 1. The number of piperidine rings is 1. The first kappa shape index (κ1) is 25.9. The molecule has 1 aliphatic heterocycles. The van der Waals surface area contributed by atoms with Gasteiger partial charge in [0.1, 0.15) is 11.6 Å². The lowest BCUT2D eigenvalue weighted by molar-refractivity contribution is -0.159. The summed E-state index contributed by atoms with van der Waals surface area (Å²) in [5, 5.41) is 17.3. The molecule has 2 aromatic rings. The van der Waals surface area contributed by atoms with Crippen LogP contribution in [0.5, 0.6) is 0 Å². The molecule has 3 N–H and O–H groups in total. The summed E-state index contributed by atoms with van der Waals surface area (Å²) in [5.41, 5.74) is 1.15. The summed E-state index contributed by atoms with van der Waals surface area (Å²) in [7, 11) is 0. The van der Waals surface area contributed by atoms with Crippen LogP contribution in [0, 0.1) is 17.6 Å². The van der Waals surface area contributed by atoms with Gasteiger partial charge >= 0.3 is 11.9 Å². The summed E-state index contributed by atoms with van der Waals surface area (Å²) in [4.78, 5) is 32.4. The summed E-state index contributed by atoms with van der Waals surface area (Å²) in [6.45, 7) is 3.02. The van der Waals surface area contributed by atoms with E-state index >= 15 is 0 Å². The SMILES string of the molecule is O=C(CN1CCCC(COCc2ccccc2)C1)Nc1ccc(F)cc1F.O=C(O)C(=O)O. The highest BCUT2D eigenvalue weighted by atomic mass is 19.1. The first-order valence-electron chi connectivity index (χ1n) is 10.3. The van der Waals surface area contributed by atoms with Crippen LogP contribution in [0.15, 0.2) is 48.5 Å². The fourth-order valence-corrected chi connectivity index (χ4v) is 3.33. The number of ether oxygens (including phenoxy) is 1. The highest BCUT2D eigenvalue weighted by Crippen LogP contribution is 2.18. The number of hydrogen-bond donors (Lipinski definition) is 3. The molecule has 0 radical (unpaired) electrons. The van der Waals surface area contributed by atoms with Crippen molar-refractivity contribution in [1.82, 2.24) is 4.90 Å². The third-order valence-electron chi connectivity index (χ3n) is 4.82. The van der Waals surface area contributed by atoms with Crippen LogP contribution < -0.4 is 5.32 Å². The van der Waals surface area contributed by atoms with Gasteiger partial charge in [0, 0.05) is 12.6 Å². The maximum atomic E-state index is 13.6. The predicted molar refractivity (Wildman–Crippen MR) is 116 cm³/mol. The van der Waals surface area contributed by atoms with Crippen LogP contribution in [-0.4, -0.2) is 59.2 Å². The van der Waals surface area contributed by atoms with Crippen molar-refractivity contribution in [2.24, 2.45) is 5.92 Å². The molecule has 0 saturated carbocycles. The van der Waals surface area contributed by atoms with Crippen molar-refractivity contribution in [3.05, 3.63) is 65.7 Å². The van der Waals surface area contributed by atoms with Crippen molar-refractivity contribution in [2.75, 3.05) is 31.6 Å². The van der Waals surface area contributed by atoms with Crippen molar-refractivity contribution in [2.45, 2.75) is 19.4 Å². The van der Waals surface area contributed by atoms with E-state index in [4.69, 9.17) is 24.5 Å². The van der Waals surface area contributed by atoms with Crippen molar-refractivity contribution >= 4 is 23.5 Å². The Bertz CT molecular complexity index is 930. The van der Waals surface area contributed by atoms with Crippen LogP contribution in [0.1, 0.15) is 18.4 Å². The minimum atomic E-state index is -1.82.